The van der Waals surface area contributed by atoms with Crippen molar-refractivity contribution in [3.8, 4) is 5.75 Å². The van der Waals surface area contributed by atoms with Gasteiger partial charge < -0.3 is 10.5 Å². The van der Waals surface area contributed by atoms with Gasteiger partial charge in [0.05, 0.1) is 4.90 Å². The highest BCUT2D eigenvalue weighted by molar-refractivity contribution is 7.89. The molecule has 1 fully saturated rings. The number of sulfonamides is 1. The molecule has 0 bridgehead atoms. The smallest absolute Gasteiger partial charge is 0.240 e. The van der Waals surface area contributed by atoms with Crippen LogP contribution in [0.25, 0.3) is 0 Å². The lowest BCUT2D eigenvalue weighted by atomic mass is 10.1. The Labute approximate surface area is 113 Å². The molecule has 3 N–H and O–H groups in total. The van der Waals surface area contributed by atoms with Crippen LogP contribution in [-0.2, 0) is 16.4 Å². The fourth-order valence-electron chi connectivity index (χ4n) is 2.36. The Morgan fingerprint density at radius 1 is 1.42 bits per heavy atom. The summed E-state index contributed by atoms with van der Waals surface area (Å²) in [6.45, 7) is 2.31. The minimum absolute atomic E-state index is 0.0388. The average Bonchev–Trinajstić information content (AvgIpc) is 3.04. The lowest BCUT2D eigenvalue weighted by molar-refractivity contribution is 0.240. The van der Waals surface area contributed by atoms with E-state index in [4.69, 9.17) is 10.5 Å². The number of benzene rings is 1. The van der Waals surface area contributed by atoms with Gasteiger partial charge in [0.15, 0.2) is 0 Å². The fraction of sp³-hybridized carbons (Fsp3) is 0.538. The number of hydrogen-bond donors (Lipinski definition) is 2. The minimum atomic E-state index is -3.40. The van der Waals surface area contributed by atoms with Crippen molar-refractivity contribution in [2.45, 2.75) is 43.2 Å². The van der Waals surface area contributed by atoms with E-state index < -0.39 is 10.0 Å². The van der Waals surface area contributed by atoms with E-state index in [0.717, 1.165) is 29.7 Å². The maximum atomic E-state index is 12.2. The van der Waals surface area contributed by atoms with Crippen LogP contribution in [0.2, 0.25) is 0 Å². The molecule has 2 aliphatic rings. The van der Waals surface area contributed by atoms with Crippen molar-refractivity contribution in [3.63, 3.8) is 0 Å². The monoisotopic (exact) mass is 282 g/mol. The summed E-state index contributed by atoms with van der Waals surface area (Å²) in [4.78, 5) is 0.330. The molecule has 1 unspecified atom stereocenters. The van der Waals surface area contributed by atoms with Gasteiger partial charge in [-0.05, 0) is 43.0 Å². The second-order valence-corrected chi connectivity index (χ2v) is 7.02. The molecule has 0 amide bonds. The summed E-state index contributed by atoms with van der Waals surface area (Å²) in [5.74, 6) is 0.792. The van der Waals surface area contributed by atoms with E-state index >= 15 is 0 Å². The largest absolute Gasteiger partial charge is 0.488 e. The molecule has 0 saturated heterocycles. The van der Waals surface area contributed by atoms with Crippen molar-refractivity contribution in [3.05, 3.63) is 23.3 Å². The number of rotatable bonds is 4. The zero-order valence-electron chi connectivity index (χ0n) is 10.8. The first-order chi connectivity index (χ1) is 8.99. The minimum Gasteiger partial charge on any atom is -0.488 e. The number of ether oxygens (including phenoxy) is 1. The molecule has 1 atom stereocenters. The SMILES string of the molecule is Cc1cc(S(=O)(=O)NC2CC2)cc2c1OC(CN)C2. The summed E-state index contributed by atoms with van der Waals surface area (Å²) in [5, 5.41) is 0. The molecule has 3 rings (SSSR count). The summed E-state index contributed by atoms with van der Waals surface area (Å²) in [5.41, 5.74) is 7.39. The Morgan fingerprint density at radius 3 is 2.79 bits per heavy atom. The summed E-state index contributed by atoms with van der Waals surface area (Å²) in [6, 6.07) is 3.50. The van der Waals surface area contributed by atoms with E-state index in [9.17, 15) is 8.42 Å². The zero-order chi connectivity index (χ0) is 13.6. The Morgan fingerprint density at radius 2 is 2.16 bits per heavy atom. The van der Waals surface area contributed by atoms with Gasteiger partial charge >= 0.3 is 0 Å². The van der Waals surface area contributed by atoms with Crippen LogP contribution < -0.4 is 15.2 Å². The highest BCUT2D eigenvalue weighted by Crippen LogP contribution is 2.34. The third-order valence-corrected chi connectivity index (χ3v) is 5.03. The molecule has 1 aliphatic carbocycles. The molecule has 5 nitrogen and oxygen atoms in total. The molecule has 0 aromatic heterocycles. The lowest BCUT2D eigenvalue weighted by Crippen LogP contribution is -2.25. The van der Waals surface area contributed by atoms with Crippen LogP contribution in [0, 0.1) is 6.92 Å². The van der Waals surface area contributed by atoms with Crippen molar-refractivity contribution in [1.29, 1.82) is 0 Å². The van der Waals surface area contributed by atoms with Gasteiger partial charge in [0.25, 0.3) is 0 Å². The Kier molecular flexibility index (Phi) is 3.03. The maximum Gasteiger partial charge on any atom is 0.240 e. The zero-order valence-corrected chi connectivity index (χ0v) is 11.7. The normalized spacial score (nSPS) is 22.1. The molecular formula is C13H18N2O3S. The van der Waals surface area contributed by atoms with E-state index in [0.29, 0.717) is 17.9 Å². The van der Waals surface area contributed by atoms with Crippen molar-refractivity contribution in [2.75, 3.05) is 6.54 Å². The van der Waals surface area contributed by atoms with Gasteiger partial charge in [0.2, 0.25) is 10.0 Å². The predicted molar refractivity (Wildman–Crippen MR) is 71.7 cm³/mol. The Balaban J connectivity index is 1.94. The second kappa shape index (κ2) is 4.47. The van der Waals surface area contributed by atoms with Gasteiger partial charge in [-0.15, -0.1) is 0 Å². The summed E-state index contributed by atoms with van der Waals surface area (Å²) < 4.78 is 32.8. The molecule has 1 aromatic rings. The average molecular weight is 282 g/mol. The van der Waals surface area contributed by atoms with Crippen LogP contribution >= 0.6 is 0 Å². The first-order valence-corrected chi connectivity index (χ1v) is 8.00. The number of fused-ring (bicyclic) bond motifs is 1. The molecule has 0 spiro atoms. The van der Waals surface area contributed by atoms with E-state index in [-0.39, 0.29) is 12.1 Å². The van der Waals surface area contributed by atoms with Crippen LogP contribution in [0.3, 0.4) is 0 Å². The highest BCUT2D eigenvalue weighted by Gasteiger charge is 2.30. The van der Waals surface area contributed by atoms with Gasteiger partial charge in [-0.2, -0.15) is 0 Å². The Bertz CT molecular complexity index is 609. The van der Waals surface area contributed by atoms with Gasteiger partial charge in [0.1, 0.15) is 11.9 Å². The third-order valence-electron chi connectivity index (χ3n) is 3.53. The van der Waals surface area contributed by atoms with Crippen molar-refractivity contribution in [1.82, 2.24) is 4.72 Å². The quantitative estimate of drug-likeness (QED) is 0.851. The molecule has 1 aromatic carbocycles. The molecule has 1 aliphatic heterocycles. The lowest BCUT2D eigenvalue weighted by Gasteiger charge is -2.10. The summed E-state index contributed by atoms with van der Waals surface area (Å²) in [6.07, 6.45) is 2.51. The van der Waals surface area contributed by atoms with E-state index in [1.807, 2.05) is 6.92 Å². The topological polar surface area (TPSA) is 81.4 Å². The molecule has 19 heavy (non-hydrogen) atoms. The fourth-order valence-corrected chi connectivity index (χ4v) is 3.80. The van der Waals surface area contributed by atoms with Crippen LogP contribution in [0.1, 0.15) is 24.0 Å². The molecule has 104 valence electrons. The maximum absolute atomic E-state index is 12.2. The number of aryl methyl sites for hydroxylation is 1. The number of nitrogens with one attached hydrogen (secondary N) is 1. The standard InChI is InChI=1S/C13H18N2O3S/c1-8-4-12(19(16,17)15-10-2-3-10)6-9-5-11(7-14)18-13(8)9/h4,6,10-11,15H,2-3,5,7,14H2,1H3. The summed E-state index contributed by atoms with van der Waals surface area (Å²) >= 11 is 0. The molecule has 6 heteroatoms. The van der Waals surface area contributed by atoms with Crippen LogP contribution in [-0.4, -0.2) is 27.1 Å². The molecule has 0 radical (unpaired) electrons. The van der Waals surface area contributed by atoms with Crippen molar-refractivity contribution < 1.29 is 13.2 Å². The second-order valence-electron chi connectivity index (χ2n) is 5.30. The summed E-state index contributed by atoms with van der Waals surface area (Å²) in [7, 11) is -3.40. The predicted octanol–water partition coefficient (Wildman–Crippen LogP) is 0.698. The molecule has 1 heterocycles. The van der Waals surface area contributed by atoms with E-state index in [2.05, 4.69) is 4.72 Å². The van der Waals surface area contributed by atoms with Crippen molar-refractivity contribution in [2.24, 2.45) is 5.73 Å². The highest BCUT2D eigenvalue weighted by atomic mass is 32.2. The van der Waals surface area contributed by atoms with E-state index in [1.54, 1.807) is 12.1 Å². The van der Waals surface area contributed by atoms with E-state index in [1.165, 1.54) is 0 Å². The first-order valence-electron chi connectivity index (χ1n) is 6.52. The van der Waals surface area contributed by atoms with Crippen LogP contribution in [0.4, 0.5) is 0 Å². The number of hydrogen-bond acceptors (Lipinski definition) is 4. The molecular weight excluding hydrogens is 264 g/mol. The van der Waals surface area contributed by atoms with Crippen molar-refractivity contribution >= 4 is 10.0 Å². The Hall–Kier alpha value is -1.11. The van der Waals surface area contributed by atoms with Gasteiger partial charge in [-0.1, -0.05) is 0 Å². The number of nitrogens with two attached hydrogens (primary N) is 1. The first kappa shape index (κ1) is 12.9. The molecule has 1 saturated carbocycles. The van der Waals surface area contributed by atoms with Gasteiger partial charge in [-0.3, -0.25) is 0 Å². The van der Waals surface area contributed by atoms with Crippen LogP contribution in [0.5, 0.6) is 5.75 Å². The van der Waals surface area contributed by atoms with Gasteiger partial charge in [-0.25, -0.2) is 13.1 Å². The van der Waals surface area contributed by atoms with Gasteiger partial charge in [0, 0.05) is 19.0 Å². The third kappa shape index (κ3) is 2.48. The van der Waals surface area contributed by atoms with Crippen LogP contribution in [0.15, 0.2) is 17.0 Å².